The summed E-state index contributed by atoms with van der Waals surface area (Å²) in [6.07, 6.45) is 1.51. The number of nitrogens with one attached hydrogen (secondary N) is 1. The summed E-state index contributed by atoms with van der Waals surface area (Å²) < 4.78 is 3.85. The van der Waals surface area contributed by atoms with Gasteiger partial charge in [0.25, 0.3) is 5.56 Å². The first kappa shape index (κ1) is 16.7. The Kier molecular flexibility index (Phi) is 4.71. The van der Waals surface area contributed by atoms with Crippen molar-refractivity contribution in [1.82, 2.24) is 19.1 Å². The van der Waals surface area contributed by atoms with Gasteiger partial charge in [0.2, 0.25) is 0 Å². The Hall–Kier alpha value is -2.15. The Balaban J connectivity index is 2.29. The van der Waals surface area contributed by atoms with Crippen LogP contribution in [0.25, 0.3) is 22.6 Å². The minimum atomic E-state index is -0.305. The van der Waals surface area contributed by atoms with E-state index in [1.165, 1.54) is 4.57 Å². The van der Waals surface area contributed by atoms with Gasteiger partial charge in [-0.1, -0.05) is 41.9 Å². The van der Waals surface area contributed by atoms with Gasteiger partial charge in [-0.05, 0) is 25.0 Å². The van der Waals surface area contributed by atoms with Crippen molar-refractivity contribution < 1.29 is 0 Å². The van der Waals surface area contributed by atoms with Crippen LogP contribution in [0.15, 0.2) is 38.3 Å². The fraction of sp³-hybridized carbons (Fsp3) is 0.353. The fourth-order valence-electron chi connectivity index (χ4n) is 2.76. The van der Waals surface area contributed by atoms with Crippen LogP contribution in [0.1, 0.15) is 26.7 Å². The lowest BCUT2D eigenvalue weighted by Crippen LogP contribution is -2.40. The van der Waals surface area contributed by atoms with Crippen molar-refractivity contribution in [3.63, 3.8) is 0 Å². The van der Waals surface area contributed by atoms with Crippen molar-refractivity contribution in [1.29, 1.82) is 0 Å². The van der Waals surface area contributed by atoms with Crippen molar-refractivity contribution in [2.75, 3.05) is 0 Å². The highest BCUT2D eigenvalue weighted by molar-refractivity contribution is 9.10. The van der Waals surface area contributed by atoms with Crippen molar-refractivity contribution in [3.05, 3.63) is 49.6 Å². The van der Waals surface area contributed by atoms with E-state index in [0.717, 1.165) is 22.9 Å². The van der Waals surface area contributed by atoms with Crippen LogP contribution in [0.3, 0.4) is 0 Å². The number of fused-ring (bicyclic) bond motifs is 1. The fourth-order valence-corrected chi connectivity index (χ4v) is 3.02. The van der Waals surface area contributed by atoms with E-state index in [1.54, 1.807) is 4.57 Å². The van der Waals surface area contributed by atoms with Gasteiger partial charge in [-0.2, -0.15) is 0 Å². The zero-order valence-electron chi connectivity index (χ0n) is 13.7. The van der Waals surface area contributed by atoms with Gasteiger partial charge in [0.15, 0.2) is 5.65 Å². The van der Waals surface area contributed by atoms with Gasteiger partial charge >= 0.3 is 5.69 Å². The van der Waals surface area contributed by atoms with Crippen LogP contribution >= 0.6 is 15.9 Å². The standard InChI is InChI=1S/C17H19BrN4O2/c1-3-9-21-15-13(16(23)22(10-4-2)17(21)24)19-14(20-15)11-5-7-12(18)8-6-11/h5-8H,3-4,9-10H2,1-2H3,(H,19,20). The maximum atomic E-state index is 12.7. The number of hydrogen-bond donors (Lipinski definition) is 1. The van der Waals surface area contributed by atoms with Crippen molar-refractivity contribution >= 4 is 27.1 Å². The average Bonchev–Trinajstić information content (AvgIpc) is 3.01. The summed E-state index contributed by atoms with van der Waals surface area (Å²) in [5.41, 5.74) is 1.09. The molecule has 0 saturated heterocycles. The Bertz CT molecular complexity index is 983. The minimum Gasteiger partial charge on any atom is -0.332 e. The minimum absolute atomic E-state index is 0.287. The van der Waals surface area contributed by atoms with Gasteiger partial charge in [0.1, 0.15) is 11.3 Å². The lowest BCUT2D eigenvalue weighted by molar-refractivity contribution is 0.555. The first-order chi connectivity index (χ1) is 11.6. The number of rotatable bonds is 5. The molecule has 0 amide bonds. The van der Waals surface area contributed by atoms with Crippen LogP contribution in [-0.4, -0.2) is 19.1 Å². The number of benzene rings is 1. The normalized spacial score (nSPS) is 11.3. The molecule has 1 N–H and O–H groups in total. The molecule has 0 saturated carbocycles. The smallest absolute Gasteiger partial charge is 0.332 e. The monoisotopic (exact) mass is 390 g/mol. The van der Waals surface area contributed by atoms with Crippen LogP contribution in [0, 0.1) is 0 Å². The van der Waals surface area contributed by atoms with E-state index in [9.17, 15) is 9.59 Å². The van der Waals surface area contributed by atoms with E-state index in [-0.39, 0.29) is 11.2 Å². The molecule has 2 heterocycles. The molecular formula is C17H19BrN4O2. The second-order valence-corrected chi connectivity index (χ2v) is 6.60. The van der Waals surface area contributed by atoms with Crippen LogP contribution < -0.4 is 11.2 Å². The molecule has 126 valence electrons. The predicted molar refractivity (Wildman–Crippen MR) is 98.3 cm³/mol. The Labute approximate surface area is 147 Å². The van der Waals surface area contributed by atoms with E-state index in [4.69, 9.17) is 0 Å². The molecule has 7 heteroatoms. The molecule has 0 aliphatic heterocycles. The lowest BCUT2D eigenvalue weighted by atomic mass is 10.2. The number of nitrogens with zero attached hydrogens (tertiary/aromatic N) is 3. The van der Waals surface area contributed by atoms with Gasteiger partial charge in [0.05, 0.1) is 0 Å². The Morgan fingerprint density at radius 1 is 1.04 bits per heavy atom. The molecule has 6 nitrogen and oxygen atoms in total. The molecule has 0 spiro atoms. The highest BCUT2D eigenvalue weighted by Gasteiger charge is 2.17. The number of halogens is 1. The van der Waals surface area contributed by atoms with Gasteiger partial charge < -0.3 is 4.98 Å². The van der Waals surface area contributed by atoms with E-state index in [1.807, 2.05) is 38.1 Å². The molecule has 2 aromatic heterocycles. The molecule has 0 aliphatic rings. The number of imidazole rings is 1. The summed E-state index contributed by atoms with van der Waals surface area (Å²) in [6.45, 7) is 4.88. The molecule has 0 unspecified atom stereocenters. The Morgan fingerprint density at radius 3 is 2.29 bits per heavy atom. The first-order valence-corrected chi connectivity index (χ1v) is 8.85. The summed E-state index contributed by atoms with van der Waals surface area (Å²) >= 11 is 3.40. The predicted octanol–water partition coefficient (Wildman–Crippen LogP) is 3.14. The third-order valence-electron chi connectivity index (χ3n) is 3.87. The molecule has 0 aliphatic carbocycles. The first-order valence-electron chi connectivity index (χ1n) is 8.06. The molecule has 0 fully saturated rings. The number of H-pyrrole nitrogens is 1. The zero-order valence-corrected chi connectivity index (χ0v) is 15.3. The van der Waals surface area contributed by atoms with Gasteiger partial charge in [-0.25, -0.2) is 9.78 Å². The topological polar surface area (TPSA) is 72.7 Å². The lowest BCUT2D eigenvalue weighted by Gasteiger charge is -2.09. The second kappa shape index (κ2) is 6.76. The molecule has 0 radical (unpaired) electrons. The van der Waals surface area contributed by atoms with Crippen LogP contribution in [0.4, 0.5) is 0 Å². The number of aromatic nitrogens is 4. The van der Waals surface area contributed by atoms with Crippen LogP contribution in [0.5, 0.6) is 0 Å². The third kappa shape index (κ3) is 2.84. The van der Waals surface area contributed by atoms with Gasteiger partial charge in [-0.15, -0.1) is 0 Å². The van der Waals surface area contributed by atoms with Crippen LogP contribution in [0.2, 0.25) is 0 Å². The molecule has 3 rings (SSSR count). The van der Waals surface area contributed by atoms with Gasteiger partial charge in [0, 0.05) is 23.1 Å². The second-order valence-electron chi connectivity index (χ2n) is 5.68. The molecule has 0 bridgehead atoms. The summed E-state index contributed by atoms with van der Waals surface area (Å²) in [7, 11) is 0. The molecule has 1 aromatic carbocycles. The maximum absolute atomic E-state index is 12.7. The SMILES string of the molecule is CCCn1c(=O)c2[nH]c(-c3ccc(Br)cc3)nc2n(CCC)c1=O. The largest absolute Gasteiger partial charge is 0.332 e. The number of aromatic amines is 1. The summed E-state index contributed by atoms with van der Waals surface area (Å²) in [6, 6.07) is 7.65. The molecule has 24 heavy (non-hydrogen) atoms. The van der Waals surface area contributed by atoms with Crippen molar-refractivity contribution in [2.24, 2.45) is 0 Å². The number of hydrogen-bond acceptors (Lipinski definition) is 3. The van der Waals surface area contributed by atoms with Gasteiger partial charge in [-0.3, -0.25) is 13.9 Å². The zero-order chi connectivity index (χ0) is 17.3. The quantitative estimate of drug-likeness (QED) is 0.726. The maximum Gasteiger partial charge on any atom is 0.332 e. The average molecular weight is 391 g/mol. The molecular weight excluding hydrogens is 372 g/mol. The highest BCUT2D eigenvalue weighted by Crippen LogP contribution is 2.20. The molecule has 0 atom stereocenters. The van der Waals surface area contributed by atoms with Crippen LogP contribution in [-0.2, 0) is 13.1 Å². The van der Waals surface area contributed by atoms with E-state index in [2.05, 4.69) is 25.9 Å². The van der Waals surface area contributed by atoms with E-state index < -0.39 is 0 Å². The molecule has 3 aromatic rings. The number of aryl methyl sites for hydroxylation is 1. The third-order valence-corrected chi connectivity index (χ3v) is 4.40. The summed E-state index contributed by atoms with van der Waals surface area (Å²) in [5.74, 6) is 0.591. The Morgan fingerprint density at radius 2 is 1.67 bits per heavy atom. The van der Waals surface area contributed by atoms with Crippen molar-refractivity contribution in [2.45, 2.75) is 39.8 Å². The van der Waals surface area contributed by atoms with E-state index >= 15 is 0 Å². The van der Waals surface area contributed by atoms with E-state index in [0.29, 0.717) is 30.1 Å². The van der Waals surface area contributed by atoms with Crippen molar-refractivity contribution in [3.8, 4) is 11.4 Å². The summed E-state index contributed by atoms with van der Waals surface area (Å²) in [4.78, 5) is 32.9. The summed E-state index contributed by atoms with van der Waals surface area (Å²) in [5, 5.41) is 0. The highest BCUT2D eigenvalue weighted by atomic mass is 79.9.